The van der Waals surface area contributed by atoms with Crippen molar-refractivity contribution < 1.29 is 9.90 Å². The van der Waals surface area contributed by atoms with Gasteiger partial charge in [0.2, 0.25) is 0 Å². The number of benzene rings is 1. The highest BCUT2D eigenvalue weighted by Crippen LogP contribution is 2.18. The molecule has 0 bridgehead atoms. The zero-order chi connectivity index (χ0) is 16.8. The molecule has 0 fully saturated rings. The van der Waals surface area contributed by atoms with Crippen LogP contribution in [0.15, 0.2) is 36.7 Å². The molecule has 1 aromatic heterocycles. The van der Waals surface area contributed by atoms with Crippen molar-refractivity contribution in [1.29, 1.82) is 0 Å². The van der Waals surface area contributed by atoms with Crippen LogP contribution < -0.4 is 5.32 Å². The number of carbonyl (C=O) groups excluding carboxylic acids is 1. The highest BCUT2D eigenvalue weighted by atomic mass is 35.5. The van der Waals surface area contributed by atoms with Crippen LogP contribution in [0.5, 0.6) is 0 Å². The smallest absolute Gasteiger partial charge is 0.251 e. The van der Waals surface area contributed by atoms with Gasteiger partial charge < -0.3 is 10.4 Å². The molecule has 2 aromatic rings. The number of carbonyl (C=O) groups is 1. The van der Waals surface area contributed by atoms with Crippen LogP contribution in [0, 0.1) is 19.8 Å². The number of halogens is 1. The minimum Gasteiger partial charge on any atom is -0.396 e. The van der Waals surface area contributed by atoms with Crippen LogP contribution in [-0.4, -0.2) is 29.1 Å². The first-order valence-electron chi connectivity index (χ1n) is 7.56. The van der Waals surface area contributed by atoms with E-state index in [9.17, 15) is 9.90 Å². The van der Waals surface area contributed by atoms with E-state index in [1.165, 1.54) is 0 Å². The molecular formula is C18H21ClN2O2. The molecule has 0 aliphatic rings. The Labute approximate surface area is 141 Å². The number of hydrogen-bond acceptors (Lipinski definition) is 3. The fraction of sp³-hybridized carbons (Fsp3) is 0.333. The lowest BCUT2D eigenvalue weighted by atomic mass is 10.00. The molecule has 1 amide bonds. The van der Waals surface area contributed by atoms with Crippen molar-refractivity contribution in [3.63, 3.8) is 0 Å². The molecule has 1 aromatic carbocycles. The summed E-state index contributed by atoms with van der Waals surface area (Å²) in [5.74, 6) is -0.213. The second kappa shape index (κ2) is 8.09. The number of rotatable bonds is 6. The Morgan fingerprint density at radius 2 is 2.13 bits per heavy atom. The van der Waals surface area contributed by atoms with Crippen molar-refractivity contribution in [3.8, 4) is 0 Å². The summed E-state index contributed by atoms with van der Waals surface area (Å²) < 4.78 is 0. The lowest BCUT2D eigenvalue weighted by molar-refractivity contribution is 0.0939. The number of aromatic nitrogens is 1. The first-order valence-corrected chi connectivity index (χ1v) is 7.94. The van der Waals surface area contributed by atoms with Gasteiger partial charge in [-0.3, -0.25) is 9.78 Å². The number of nitrogens with one attached hydrogen (secondary N) is 1. The molecule has 0 radical (unpaired) electrons. The van der Waals surface area contributed by atoms with Gasteiger partial charge in [-0.15, -0.1) is 0 Å². The van der Waals surface area contributed by atoms with Gasteiger partial charge in [-0.05, 0) is 49.1 Å². The molecule has 0 saturated heterocycles. The molecule has 0 aliphatic carbocycles. The molecule has 0 unspecified atom stereocenters. The number of amides is 1. The summed E-state index contributed by atoms with van der Waals surface area (Å²) in [5.41, 5.74) is 3.65. The summed E-state index contributed by atoms with van der Waals surface area (Å²) in [4.78, 5) is 16.3. The summed E-state index contributed by atoms with van der Waals surface area (Å²) in [6, 6.07) is 7.49. The molecular weight excluding hydrogens is 312 g/mol. The fourth-order valence-electron chi connectivity index (χ4n) is 2.41. The zero-order valence-corrected chi connectivity index (χ0v) is 14.1. The average molecular weight is 333 g/mol. The standard InChI is InChI=1S/C18H21ClN2O2/c1-12-4-3-5-16(13(12)2)18(23)21-9-14(11-22)8-15-6-7-20-10-17(15)19/h3-7,10,14,22H,8-9,11H2,1-2H3,(H,21,23)/t14-/m0/s1. The molecule has 5 heteroatoms. The van der Waals surface area contributed by atoms with E-state index in [0.29, 0.717) is 23.6 Å². The number of pyridine rings is 1. The minimum atomic E-state index is -0.120. The lowest BCUT2D eigenvalue weighted by Gasteiger charge is -2.16. The first-order chi connectivity index (χ1) is 11.0. The molecule has 4 nitrogen and oxygen atoms in total. The van der Waals surface area contributed by atoms with Crippen molar-refractivity contribution in [3.05, 3.63) is 63.9 Å². The Balaban J connectivity index is 1.99. The average Bonchev–Trinajstić information content (AvgIpc) is 2.55. The molecule has 0 saturated carbocycles. The van der Waals surface area contributed by atoms with E-state index < -0.39 is 0 Å². The van der Waals surface area contributed by atoms with Crippen LogP contribution in [0.1, 0.15) is 27.0 Å². The Hall–Kier alpha value is -1.91. The van der Waals surface area contributed by atoms with Gasteiger partial charge in [-0.1, -0.05) is 23.7 Å². The number of aryl methyl sites for hydroxylation is 1. The number of hydrogen-bond donors (Lipinski definition) is 2. The van der Waals surface area contributed by atoms with E-state index in [0.717, 1.165) is 16.7 Å². The van der Waals surface area contributed by atoms with Crippen LogP contribution in [0.3, 0.4) is 0 Å². The van der Waals surface area contributed by atoms with Gasteiger partial charge in [0.25, 0.3) is 5.91 Å². The van der Waals surface area contributed by atoms with Crippen LogP contribution in [0.4, 0.5) is 0 Å². The quantitative estimate of drug-likeness (QED) is 0.855. The molecule has 0 spiro atoms. The van der Waals surface area contributed by atoms with Gasteiger partial charge in [-0.25, -0.2) is 0 Å². The molecule has 2 rings (SSSR count). The van der Waals surface area contributed by atoms with Gasteiger partial charge >= 0.3 is 0 Å². The van der Waals surface area contributed by atoms with E-state index in [1.807, 2.05) is 38.1 Å². The second-order valence-corrected chi connectivity index (χ2v) is 6.08. The minimum absolute atomic E-state index is 0.0221. The Bertz CT molecular complexity index is 688. The van der Waals surface area contributed by atoms with Gasteiger partial charge in [-0.2, -0.15) is 0 Å². The van der Waals surface area contributed by atoms with Crippen molar-refractivity contribution in [2.75, 3.05) is 13.2 Å². The van der Waals surface area contributed by atoms with Gasteiger partial charge in [0.05, 0.1) is 5.02 Å². The molecule has 1 atom stereocenters. The van der Waals surface area contributed by atoms with Crippen LogP contribution >= 0.6 is 11.6 Å². The SMILES string of the molecule is Cc1cccc(C(=O)NC[C@@H](CO)Cc2ccncc2Cl)c1C. The monoisotopic (exact) mass is 332 g/mol. The van der Waals surface area contributed by atoms with Crippen molar-refractivity contribution in [2.24, 2.45) is 5.92 Å². The normalized spacial score (nSPS) is 12.0. The first kappa shape index (κ1) is 17.4. The number of nitrogens with zero attached hydrogens (tertiary/aromatic N) is 1. The van der Waals surface area contributed by atoms with Crippen molar-refractivity contribution in [2.45, 2.75) is 20.3 Å². The summed E-state index contributed by atoms with van der Waals surface area (Å²) in [6.45, 7) is 4.28. The highest BCUT2D eigenvalue weighted by Gasteiger charge is 2.15. The van der Waals surface area contributed by atoms with Crippen LogP contribution in [0.2, 0.25) is 5.02 Å². The largest absolute Gasteiger partial charge is 0.396 e. The van der Waals surface area contributed by atoms with E-state index in [-0.39, 0.29) is 18.4 Å². The van der Waals surface area contributed by atoms with Crippen LogP contribution in [0.25, 0.3) is 0 Å². The third-order valence-corrected chi connectivity index (χ3v) is 4.36. The Morgan fingerprint density at radius 1 is 1.35 bits per heavy atom. The van der Waals surface area contributed by atoms with Crippen LogP contribution in [-0.2, 0) is 6.42 Å². The van der Waals surface area contributed by atoms with Crippen molar-refractivity contribution >= 4 is 17.5 Å². The number of aliphatic hydroxyl groups is 1. The Kier molecular flexibility index (Phi) is 6.13. The second-order valence-electron chi connectivity index (χ2n) is 5.68. The van der Waals surface area contributed by atoms with E-state index in [4.69, 9.17) is 11.6 Å². The van der Waals surface area contributed by atoms with Crippen molar-refractivity contribution in [1.82, 2.24) is 10.3 Å². The Morgan fingerprint density at radius 3 is 2.83 bits per heavy atom. The number of aliphatic hydroxyl groups excluding tert-OH is 1. The fourth-order valence-corrected chi connectivity index (χ4v) is 2.61. The predicted molar refractivity (Wildman–Crippen MR) is 91.8 cm³/mol. The molecule has 1 heterocycles. The van der Waals surface area contributed by atoms with E-state index >= 15 is 0 Å². The molecule has 0 aliphatic heterocycles. The predicted octanol–water partition coefficient (Wildman–Crippen LogP) is 2.93. The lowest BCUT2D eigenvalue weighted by Crippen LogP contribution is -2.32. The van der Waals surface area contributed by atoms with E-state index in [1.54, 1.807) is 12.4 Å². The summed E-state index contributed by atoms with van der Waals surface area (Å²) >= 11 is 6.09. The van der Waals surface area contributed by atoms with Gasteiger partial charge in [0.15, 0.2) is 0 Å². The topological polar surface area (TPSA) is 62.2 Å². The third-order valence-electron chi connectivity index (χ3n) is 4.02. The van der Waals surface area contributed by atoms with Gasteiger partial charge in [0.1, 0.15) is 0 Å². The zero-order valence-electron chi connectivity index (χ0n) is 13.3. The molecule has 122 valence electrons. The van der Waals surface area contributed by atoms with E-state index in [2.05, 4.69) is 10.3 Å². The van der Waals surface area contributed by atoms with Gasteiger partial charge in [0, 0.05) is 37.0 Å². The maximum Gasteiger partial charge on any atom is 0.251 e. The summed E-state index contributed by atoms with van der Waals surface area (Å²) in [5, 5.41) is 13.0. The highest BCUT2D eigenvalue weighted by molar-refractivity contribution is 6.31. The summed E-state index contributed by atoms with van der Waals surface area (Å²) in [7, 11) is 0. The molecule has 2 N–H and O–H groups in total. The maximum absolute atomic E-state index is 12.3. The third kappa shape index (κ3) is 4.53. The molecule has 23 heavy (non-hydrogen) atoms. The maximum atomic E-state index is 12.3. The summed E-state index contributed by atoms with van der Waals surface area (Å²) in [6.07, 6.45) is 3.84.